The van der Waals surface area contributed by atoms with Gasteiger partial charge < -0.3 is 0 Å². The second kappa shape index (κ2) is 12.1. The summed E-state index contributed by atoms with van der Waals surface area (Å²) in [7, 11) is 0. The maximum Gasteiger partial charge on any atom is 2.00 e. The Kier molecular flexibility index (Phi) is 10.1. The van der Waals surface area contributed by atoms with E-state index in [1.807, 2.05) is 0 Å². The maximum absolute atomic E-state index is 2.26. The van der Waals surface area contributed by atoms with Crippen molar-refractivity contribution in [2.24, 2.45) is 11.8 Å². The van der Waals surface area contributed by atoms with Crippen LogP contribution in [0.1, 0.15) is 75.3 Å². The molecule has 2 fully saturated rings. The number of hydrogen-bond acceptors (Lipinski definition) is 0. The van der Waals surface area contributed by atoms with Crippen molar-refractivity contribution >= 4 is 0 Å². The summed E-state index contributed by atoms with van der Waals surface area (Å²) in [4.78, 5) is 0. The molecule has 2 aromatic carbocycles. The Morgan fingerprint density at radius 3 is 1.16 bits per heavy atom. The molecule has 2 aliphatic carbocycles. The first-order chi connectivity index (χ1) is 11.9. The minimum atomic E-state index is 0. The fraction of sp³-hybridized carbons (Fsp3) is 0.583. The van der Waals surface area contributed by atoms with Crippen LogP contribution < -0.4 is 0 Å². The van der Waals surface area contributed by atoms with Gasteiger partial charge in [0.25, 0.3) is 0 Å². The van der Waals surface area contributed by atoms with Crippen molar-refractivity contribution < 1.29 is 26.2 Å². The molecule has 0 spiro atoms. The third-order valence-corrected chi connectivity index (χ3v) is 5.96. The van der Waals surface area contributed by atoms with Crippen molar-refractivity contribution in [3.63, 3.8) is 0 Å². The third-order valence-electron chi connectivity index (χ3n) is 5.96. The molecule has 0 aromatic heterocycles. The van der Waals surface area contributed by atoms with E-state index in [1.165, 1.54) is 77.0 Å². The Balaban J connectivity index is 0.000000173. The molecule has 0 unspecified atom stereocenters. The molecule has 0 amide bonds. The first-order valence-corrected chi connectivity index (χ1v) is 10.3. The van der Waals surface area contributed by atoms with Gasteiger partial charge >= 0.3 is 26.2 Å². The molecule has 0 nitrogen and oxygen atoms in total. The van der Waals surface area contributed by atoms with Crippen LogP contribution in [-0.4, -0.2) is 0 Å². The summed E-state index contributed by atoms with van der Waals surface area (Å²) in [5.41, 5.74) is 3.09. The van der Waals surface area contributed by atoms with E-state index in [1.54, 1.807) is 11.1 Å². The van der Waals surface area contributed by atoms with E-state index in [2.05, 4.69) is 48.5 Å². The summed E-state index contributed by atoms with van der Waals surface area (Å²) in [5, 5.41) is 0. The molecule has 0 radical (unpaired) electrons. The van der Waals surface area contributed by atoms with Crippen LogP contribution in [0.3, 0.4) is 0 Å². The van der Waals surface area contributed by atoms with E-state index in [0.29, 0.717) is 0 Å². The monoisotopic (exact) mass is 412 g/mol. The van der Waals surface area contributed by atoms with Crippen molar-refractivity contribution in [2.75, 3.05) is 0 Å². The van der Waals surface area contributed by atoms with Crippen LogP contribution in [-0.2, 0) is 39.0 Å². The Bertz CT molecular complexity index is 460. The van der Waals surface area contributed by atoms with Gasteiger partial charge in [0.2, 0.25) is 0 Å². The normalized spacial score (nSPS) is 18.9. The molecule has 0 bridgehead atoms. The third kappa shape index (κ3) is 7.78. The van der Waals surface area contributed by atoms with Gasteiger partial charge in [0, 0.05) is 0 Å². The molecule has 2 aromatic rings. The summed E-state index contributed by atoms with van der Waals surface area (Å²) >= 11 is 0. The van der Waals surface area contributed by atoms with Crippen LogP contribution in [0.15, 0.2) is 48.5 Å². The van der Waals surface area contributed by atoms with Gasteiger partial charge in [-0.1, -0.05) is 77.0 Å². The van der Waals surface area contributed by atoms with Crippen LogP contribution in [0.4, 0.5) is 0 Å². The van der Waals surface area contributed by atoms with Gasteiger partial charge in [0.05, 0.1) is 0 Å². The van der Waals surface area contributed by atoms with Crippen LogP contribution in [0, 0.1) is 11.8 Å². The molecular formula is C24H34Zr. The molecule has 0 N–H and O–H groups in total. The van der Waals surface area contributed by atoms with Crippen LogP contribution >= 0.6 is 0 Å². The first kappa shape index (κ1) is 20.9. The van der Waals surface area contributed by atoms with Gasteiger partial charge in [-0.2, -0.15) is 35.4 Å². The average Bonchev–Trinajstić information content (AvgIpc) is 3.32. The summed E-state index contributed by atoms with van der Waals surface area (Å²) in [5.74, 6) is 1.97. The second-order valence-corrected chi connectivity index (χ2v) is 8.00. The van der Waals surface area contributed by atoms with Gasteiger partial charge in [0.15, 0.2) is 0 Å². The molecule has 2 saturated carbocycles. The van der Waals surface area contributed by atoms with E-state index >= 15 is 0 Å². The van der Waals surface area contributed by atoms with Crippen molar-refractivity contribution in [3.05, 3.63) is 59.7 Å². The smallest absolute Gasteiger partial charge is 0.213 e. The molecule has 2 aliphatic rings. The number of hydrogen-bond donors (Lipinski definition) is 0. The molecule has 0 heterocycles. The molecule has 0 aliphatic heterocycles. The maximum atomic E-state index is 2.26. The molecule has 134 valence electrons. The molecule has 0 saturated heterocycles. The zero-order valence-corrected chi connectivity index (χ0v) is 18.2. The topological polar surface area (TPSA) is 0 Å². The van der Waals surface area contributed by atoms with E-state index in [9.17, 15) is 0 Å². The van der Waals surface area contributed by atoms with E-state index in [4.69, 9.17) is 0 Å². The zero-order valence-electron chi connectivity index (χ0n) is 15.8. The van der Waals surface area contributed by atoms with Crippen LogP contribution in [0.5, 0.6) is 0 Å². The fourth-order valence-corrected chi connectivity index (χ4v) is 4.55. The van der Waals surface area contributed by atoms with Gasteiger partial charge in [-0.05, 0) is 11.8 Å². The Morgan fingerprint density at radius 2 is 0.840 bits per heavy atom. The first-order valence-electron chi connectivity index (χ1n) is 10.3. The minimum Gasteiger partial charge on any atom is -0.213 e. The summed E-state index contributed by atoms with van der Waals surface area (Å²) in [6.07, 6.45) is 17.3. The average molecular weight is 414 g/mol. The van der Waals surface area contributed by atoms with Gasteiger partial charge in [0.1, 0.15) is 0 Å². The SMILES string of the molecule is [Zr+2].c1cc[c-](CC2CCCCC2)c1.c1cc[c-](CC2CCCCC2)c1. The summed E-state index contributed by atoms with van der Waals surface area (Å²) in [6.45, 7) is 0. The quantitative estimate of drug-likeness (QED) is 0.471. The predicted octanol–water partition coefficient (Wildman–Crippen LogP) is 7.05. The van der Waals surface area contributed by atoms with Gasteiger partial charge in [-0.3, -0.25) is 0 Å². The van der Waals surface area contributed by atoms with E-state index in [0.717, 1.165) is 11.8 Å². The molecule has 1 heteroatoms. The Morgan fingerprint density at radius 1 is 0.520 bits per heavy atom. The molecule has 25 heavy (non-hydrogen) atoms. The molecule has 4 rings (SSSR count). The second-order valence-electron chi connectivity index (χ2n) is 8.00. The van der Waals surface area contributed by atoms with Gasteiger partial charge in [-0.15, -0.1) is 0 Å². The van der Waals surface area contributed by atoms with E-state index < -0.39 is 0 Å². The largest absolute Gasteiger partial charge is 2.00 e. The summed E-state index contributed by atoms with van der Waals surface area (Å²) < 4.78 is 0. The predicted molar refractivity (Wildman–Crippen MR) is 105 cm³/mol. The van der Waals surface area contributed by atoms with Crippen molar-refractivity contribution in [1.82, 2.24) is 0 Å². The van der Waals surface area contributed by atoms with Crippen molar-refractivity contribution in [3.8, 4) is 0 Å². The fourth-order valence-electron chi connectivity index (χ4n) is 4.55. The van der Waals surface area contributed by atoms with E-state index in [-0.39, 0.29) is 26.2 Å². The minimum absolute atomic E-state index is 0. The van der Waals surface area contributed by atoms with Gasteiger partial charge in [-0.25, -0.2) is 24.3 Å². The zero-order chi connectivity index (χ0) is 16.5. The molecular weight excluding hydrogens is 379 g/mol. The van der Waals surface area contributed by atoms with Crippen LogP contribution in [0.2, 0.25) is 0 Å². The van der Waals surface area contributed by atoms with Crippen molar-refractivity contribution in [1.29, 1.82) is 0 Å². The number of rotatable bonds is 4. The van der Waals surface area contributed by atoms with Crippen LogP contribution in [0.25, 0.3) is 0 Å². The molecule has 0 atom stereocenters. The Labute approximate surface area is 174 Å². The Hall–Kier alpha value is -0.417. The summed E-state index contributed by atoms with van der Waals surface area (Å²) in [6, 6.07) is 17.6. The van der Waals surface area contributed by atoms with Crippen molar-refractivity contribution in [2.45, 2.75) is 77.0 Å². The standard InChI is InChI=1S/2C12H17.Zr/c2*1-2-6-11(7-3-1)10-12-8-4-5-9-12;/h2*4-5,8-9,11H,1-3,6-7,10H2;/q2*-1;+2.